The molecule has 1 aromatic carbocycles. The lowest BCUT2D eigenvalue weighted by Crippen LogP contribution is -2.50. The highest BCUT2D eigenvalue weighted by molar-refractivity contribution is 7.89. The molecule has 0 saturated heterocycles. The van der Waals surface area contributed by atoms with Gasteiger partial charge in [0.25, 0.3) is 0 Å². The number of fused-ring (bicyclic) bond motifs is 1. The van der Waals surface area contributed by atoms with Crippen molar-refractivity contribution in [2.45, 2.75) is 83.3 Å². The number of aliphatic hydroxyl groups excluding tert-OH is 1. The summed E-state index contributed by atoms with van der Waals surface area (Å²) in [6.07, 6.45) is 5.52. The lowest BCUT2D eigenvalue weighted by molar-refractivity contribution is -0.136. The summed E-state index contributed by atoms with van der Waals surface area (Å²) in [5.41, 5.74) is 0.685. The van der Waals surface area contributed by atoms with Gasteiger partial charge in [-0.25, -0.2) is 8.42 Å². The number of hydrogen-bond donors (Lipinski definition) is 1. The third-order valence-corrected chi connectivity index (χ3v) is 9.21. The van der Waals surface area contributed by atoms with Gasteiger partial charge < -0.3 is 14.7 Å². The number of benzene rings is 1. The Balaban J connectivity index is 1.96. The van der Waals surface area contributed by atoms with Crippen molar-refractivity contribution >= 4 is 15.9 Å². The van der Waals surface area contributed by atoms with Crippen molar-refractivity contribution in [2.24, 2.45) is 17.8 Å². The molecule has 200 valence electrons. The van der Waals surface area contributed by atoms with Crippen LogP contribution in [-0.4, -0.2) is 67.5 Å². The molecule has 7 nitrogen and oxygen atoms in total. The second-order valence-corrected chi connectivity index (χ2v) is 12.7. The smallest absolute Gasteiger partial charge is 0.247 e. The molecule has 1 aliphatic heterocycles. The molecule has 0 spiro atoms. The lowest BCUT2D eigenvalue weighted by atomic mass is 9.88. The summed E-state index contributed by atoms with van der Waals surface area (Å²) in [4.78, 5) is 15.0. The minimum absolute atomic E-state index is 0.0500. The minimum atomic E-state index is -3.90. The Hall–Kier alpha value is -2.08. The molecular weight excluding hydrogens is 476 g/mol. The van der Waals surface area contributed by atoms with E-state index in [1.807, 2.05) is 14.0 Å². The van der Waals surface area contributed by atoms with Crippen molar-refractivity contribution in [3.63, 3.8) is 0 Å². The van der Waals surface area contributed by atoms with Crippen LogP contribution in [0.15, 0.2) is 23.1 Å². The van der Waals surface area contributed by atoms with E-state index < -0.39 is 22.2 Å². The third-order valence-electron chi connectivity index (χ3n) is 7.19. The van der Waals surface area contributed by atoms with Gasteiger partial charge in [-0.3, -0.25) is 4.79 Å². The number of ether oxygens (including phenoxy) is 1. The van der Waals surface area contributed by atoms with E-state index >= 15 is 0 Å². The average molecular weight is 519 g/mol. The van der Waals surface area contributed by atoms with Gasteiger partial charge in [-0.05, 0) is 43.9 Å². The Morgan fingerprint density at radius 3 is 2.56 bits per heavy atom. The summed E-state index contributed by atoms with van der Waals surface area (Å²) in [5, 5.41) is 9.82. The van der Waals surface area contributed by atoms with Crippen LogP contribution in [0.25, 0.3) is 0 Å². The minimum Gasteiger partial charge on any atom is -0.487 e. The zero-order chi connectivity index (χ0) is 26.5. The second kappa shape index (κ2) is 12.4. The Morgan fingerprint density at radius 2 is 1.92 bits per heavy atom. The van der Waals surface area contributed by atoms with E-state index in [1.54, 1.807) is 30.0 Å². The van der Waals surface area contributed by atoms with Gasteiger partial charge in [0.15, 0.2) is 0 Å². The van der Waals surface area contributed by atoms with E-state index in [0.717, 1.165) is 32.1 Å². The van der Waals surface area contributed by atoms with Crippen LogP contribution < -0.4 is 4.74 Å². The van der Waals surface area contributed by atoms with Gasteiger partial charge in [-0.15, -0.1) is 0 Å². The highest BCUT2D eigenvalue weighted by Gasteiger charge is 2.38. The van der Waals surface area contributed by atoms with Crippen LogP contribution in [0, 0.1) is 29.6 Å². The molecule has 1 aromatic rings. The first-order valence-corrected chi connectivity index (χ1v) is 14.7. The first-order valence-electron chi connectivity index (χ1n) is 13.2. The highest BCUT2D eigenvalue weighted by Crippen LogP contribution is 2.34. The van der Waals surface area contributed by atoms with Gasteiger partial charge in [0.1, 0.15) is 16.7 Å². The van der Waals surface area contributed by atoms with E-state index in [-0.39, 0.29) is 41.5 Å². The Morgan fingerprint density at radius 1 is 1.22 bits per heavy atom. The van der Waals surface area contributed by atoms with Crippen molar-refractivity contribution in [3.8, 4) is 17.6 Å². The number of aliphatic hydroxyl groups is 1. The van der Waals surface area contributed by atoms with Crippen LogP contribution in [0.4, 0.5) is 0 Å². The number of carbonyl (C=O) groups excluding carboxylic acids is 1. The fraction of sp³-hybridized carbons (Fsp3) is 0.679. The summed E-state index contributed by atoms with van der Waals surface area (Å²) >= 11 is 0. The molecule has 8 heteroatoms. The normalized spacial score (nSPS) is 23.4. The largest absolute Gasteiger partial charge is 0.487 e. The number of nitrogens with zero attached hydrogens (tertiary/aromatic N) is 2. The molecule has 1 fully saturated rings. The number of sulfonamides is 1. The monoisotopic (exact) mass is 518 g/mol. The maximum absolute atomic E-state index is 13.6. The quantitative estimate of drug-likeness (QED) is 0.578. The molecule has 0 unspecified atom stereocenters. The molecule has 1 amide bonds. The number of carbonyl (C=O) groups is 1. The first-order chi connectivity index (χ1) is 17.0. The van der Waals surface area contributed by atoms with Crippen LogP contribution in [0.1, 0.15) is 71.8 Å². The predicted octanol–water partition coefficient (Wildman–Crippen LogP) is 3.89. The fourth-order valence-corrected chi connectivity index (χ4v) is 6.73. The van der Waals surface area contributed by atoms with Crippen LogP contribution in [0.3, 0.4) is 0 Å². The van der Waals surface area contributed by atoms with Gasteiger partial charge >= 0.3 is 0 Å². The summed E-state index contributed by atoms with van der Waals surface area (Å²) in [7, 11) is -2.09. The number of hydrogen-bond acceptors (Lipinski definition) is 5. The van der Waals surface area contributed by atoms with E-state index in [4.69, 9.17) is 4.74 Å². The van der Waals surface area contributed by atoms with E-state index in [0.29, 0.717) is 18.0 Å². The maximum atomic E-state index is 13.6. The summed E-state index contributed by atoms with van der Waals surface area (Å²) < 4.78 is 35.0. The van der Waals surface area contributed by atoms with Crippen molar-refractivity contribution in [2.75, 3.05) is 26.7 Å². The molecule has 36 heavy (non-hydrogen) atoms. The van der Waals surface area contributed by atoms with E-state index in [9.17, 15) is 18.3 Å². The Labute approximate surface area is 217 Å². The summed E-state index contributed by atoms with van der Waals surface area (Å²) in [6, 6.07) is 4.35. The lowest BCUT2D eigenvalue weighted by Gasteiger charge is -2.38. The van der Waals surface area contributed by atoms with Crippen LogP contribution in [0.5, 0.6) is 5.75 Å². The Bertz CT molecular complexity index is 1070. The predicted molar refractivity (Wildman–Crippen MR) is 141 cm³/mol. The molecule has 1 aliphatic carbocycles. The summed E-state index contributed by atoms with van der Waals surface area (Å²) in [5.74, 6) is 6.93. The first kappa shape index (κ1) is 28.5. The number of rotatable bonds is 6. The maximum Gasteiger partial charge on any atom is 0.247 e. The number of amides is 1. The molecule has 1 N–H and O–H groups in total. The van der Waals surface area contributed by atoms with Crippen molar-refractivity contribution in [1.82, 2.24) is 9.21 Å². The zero-order valence-corrected chi connectivity index (χ0v) is 23.2. The van der Waals surface area contributed by atoms with Gasteiger partial charge in [-0.1, -0.05) is 51.9 Å². The number of likely N-dealkylation sites (N-methyl/N-ethyl adjacent to an activating group) is 1. The van der Waals surface area contributed by atoms with Gasteiger partial charge in [0.05, 0.1) is 13.2 Å². The van der Waals surface area contributed by atoms with Crippen LogP contribution in [0.2, 0.25) is 0 Å². The molecule has 3 rings (SSSR count). The molecule has 1 saturated carbocycles. The molecule has 0 bridgehead atoms. The third kappa shape index (κ3) is 6.81. The zero-order valence-electron chi connectivity index (χ0n) is 22.4. The molecule has 0 radical (unpaired) electrons. The second-order valence-electron chi connectivity index (χ2n) is 10.9. The van der Waals surface area contributed by atoms with E-state index in [2.05, 4.69) is 25.7 Å². The molecule has 1 heterocycles. The van der Waals surface area contributed by atoms with Gasteiger partial charge in [-0.2, -0.15) is 4.31 Å². The SMILES string of the molecule is CC(C)CC#Cc1ccc2c(c1)O[C@@H](CN(C)C(=O)C1CCCCC1)[C@@H](C)CN([C@H](C)CO)S2(=O)=O. The average Bonchev–Trinajstić information content (AvgIpc) is 2.85. The van der Waals surface area contributed by atoms with Crippen molar-refractivity contribution in [1.29, 1.82) is 0 Å². The molecular formula is C28H42N2O5S. The van der Waals surface area contributed by atoms with Gasteiger partial charge in [0, 0.05) is 43.5 Å². The fourth-order valence-electron chi connectivity index (χ4n) is 4.90. The van der Waals surface area contributed by atoms with Gasteiger partial charge in [0.2, 0.25) is 15.9 Å². The van der Waals surface area contributed by atoms with Crippen LogP contribution >= 0.6 is 0 Å². The standard InChI is InChI=1S/C28H42N2O5S/c1-20(2)10-9-11-23-14-15-27-25(16-23)35-26(18-29(5)28(32)24-12-7-6-8-13-24)21(3)17-30(22(4)19-31)36(27,33)34/h14-16,20-22,24,26,31H,6-8,10,12-13,17-19H2,1-5H3/t21-,22+,26-/m0/s1. The Kier molecular flexibility index (Phi) is 9.85. The highest BCUT2D eigenvalue weighted by atomic mass is 32.2. The topological polar surface area (TPSA) is 87.2 Å². The van der Waals surface area contributed by atoms with E-state index in [1.165, 1.54) is 10.7 Å². The van der Waals surface area contributed by atoms with Crippen molar-refractivity contribution in [3.05, 3.63) is 23.8 Å². The van der Waals surface area contributed by atoms with Crippen LogP contribution in [-0.2, 0) is 14.8 Å². The molecule has 2 aliphatic rings. The molecule has 3 atom stereocenters. The summed E-state index contributed by atoms with van der Waals surface area (Å²) in [6.45, 7) is 8.10. The van der Waals surface area contributed by atoms with Crippen molar-refractivity contribution < 1.29 is 23.1 Å². The molecule has 0 aromatic heterocycles.